The second-order valence-electron chi connectivity index (χ2n) is 8.49. The lowest BCUT2D eigenvalue weighted by atomic mass is 9.90. The second-order valence-corrected chi connectivity index (χ2v) is 8.49. The van der Waals surface area contributed by atoms with Crippen LogP contribution >= 0.6 is 0 Å². The van der Waals surface area contributed by atoms with Gasteiger partial charge in [-0.05, 0) is 56.0 Å². The zero-order valence-corrected chi connectivity index (χ0v) is 17.6. The molecule has 3 aromatic rings. The zero-order chi connectivity index (χ0) is 21.0. The summed E-state index contributed by atoms with van der Waals surface area (Å²) in [7, 11) is 0. The van der Waals surface area contributed by atoms with Gasteiger partial charge in [0.25, 0.3) is 0 Å². The number of piperidine rings is 2. The molecule has 4 heterocycles. The first-order valence-corrected chi connectivity index (χ1v) is 11.2. The van der Waals surface area contributed by atoms with Crippen LogP contribution in [0.1, 0.15) is 37.2 Å². The minimum atomic E-state index is -0.132. The molecular weight excluding hydrogens is 390 g/mol. The van der Waals surface area contributed by atoms with Gasteiger partial charge in [0.15, 0.2) is 0 Å². The molecule has 1 aromatic carbocycles. The highest BCUT2D eigenvalue weighted by Gasteiger charge is 2.24. The third kappa shape index (κ3) is 4.49. The van der Waals surface area contributed by atoms with Crippen molar-refractivity contribution in [3.63, 3.8) is 0 Å². The lowest BCUT2D eigenvalue weighted by Gasteiger charge is -2.34. The Morgan fingerprint density at radius 2 is 2.13 bits per heavy atom. The molecule has 162 valence electrons. The van der Waals surface area contributed by atoms with Crippen LogP contribution < -0.4 is 20.9 Å². The minimum absolute atomic E-state index is 0.132. The molecule has 4 N–H and O–H groups in total. The fraction of sp³-hybridized carbons (Fsp3) is 0.435. The van der Waals surface area contributed by atoms with E-state index in [1.807, 2.05) is 24.4 Å². The van der Waals surface area contributed by atoms with Gasteiger partial charge < -0.3 is 25.8 Å². The van der Waals surface area contributed by atoms with E-state index in [4.69, 9.17) is 0 Å². The van der Waals surface area contributed by atoms with Crippen LogP contribution in [-0.4, -0.2) is 53.2 Å². The van der Waals surface area contributed by atoms with Gasteiger partial charge in [-0.2, -0.15) is 0 Å². The second kappa shape index (κ2) is 8.93. The van der Waals surface area contributed by atoms with Gasteiger partial charge in [0.2, 0.25) is 0 Å². The van der Waals surface area contributed by atoms with Crippen molar-refractivity contribution in [1.29, 1.82) is 0 Å². The van der Waals surface area contributed by atoms with Crippen LogP contribution in [0.25, 0.3) is 11.0 Å². The fourth-order valence-corrected chi connectivity index (χ4v) is 4.75. The molecule has 5 rings (SSSR count). The third-order valence-electron chi connectivity index (χ3n) is 6.30. The quantitative estimate of drug-likeness (QED) is 0.521. The van der Waals surface area contributed by atoms with Gasteiger partial charge in [0, 0.05) is 43.5 Å². The molecule has 0 spiro atoms. The van der Waals surface area contributed by atoms with Gasteiger partial charge in [-0.1, -0.05) is 12.1 Å². The molecule has 8 heteroatoms. The van der Waals surface area contributed by atoms with Crippen LogP contribution in [0.4, 0.5) is 16.3 Å². The van der Waals surface area contributed by atoms with Gasteiger partial charge >= 0.3 is 6.03 Å². The molecule has 31 heavy (non-hydrogen) atoms. The van der Waals surface area contributed by atoms with Gasteiger partial charge in [-0.15, -0.1) is 0 Å². The van der Waals surface area contributed by atoms with Crippen LogP contribution in [0.3, 0.4) is 0 Å². The fourth-order valence-electron chi connectivity index (χ4n) is 4.75. The van der Waals surface area contributed by atoms with Crippen LogP contribution in [0.2, 0.25) is 0 Å². The van der Waals surface area contributed by atoms with E-state index in [-0.39, 0.29) is 12.1 Å². The predicted octanol–water partition coefficient (Wildman–Crippen LogP) is 3.22. The number of amides is 2. The largest absolute Gasteiger partial charge is 0.355 e. The number of carbonyl (C=O) groups excluding carboxylic acids is 1. The summed E-state index contributed by atoms with van der Waals surface area (Å²) in [6.45, 7) is 3.76. The standard InChI is InChI=1S/C23H29N7O/c31-23(29-19-7-2-9-24-13-19)28-18-6-1-4-16(12-18)17-5-3-11-30(14-17)22-20-8-10-25-21(20)26-15-27-22/h1,4,6,8,10,12,15,17,19,24H,2-3,5,7,9,11,13-14H2,(H,25,26,27)(H2,28,29,31). The summed E-state index contributed by atoms with van der Waals surface area (Å²) >= 11 is 0. The van der Waals surface area contributed by atoms with E-state index in [1.165, 1.54) is 5.56 Å². The smallest absolute Gasteiger partial charge is 0.319 e. The lowest BCUT2D eigenvalue weighted by Crippen LogP contribution is -2.47. The van der Waals surface area contributed by atoms with Gasteiger partial charge in [-0.3, -0.25) is 0 Å². The summed E-state index contributed by atoms with van der Waals surface area (Å²) in [5, 5.41) is 10.5. The van der Waals surface area contributed by atoms with Crippen molar-refractivity contribution in [2.45, 2.75) is 37.6 Å². The van der Waals surface area contributed by atoms with Crippen molar-refractivity contribution >= 4 is 28.6 Å². The normalized spacial score (nSPS) is 21.7. The van der Waals surface area contributed by atoms with Crippen LogP contribution in [0.5, 0.6) is 0 Å². The van der Waals surface area contributed by atoms with E-state index in [0.29, 0.717) is 5.92 Å². The van der Waals surface area contributed by atoms with Crippen molar-refractivity contribution in [1.82, 2.24) is 25.6 Å². The number of fused-ring (bicyclic) bond motifs is 1. The molecule has 2 atom stereocenters. The van der Waals surface area contributed by atoms with Crippen molar-refractivity contribution in [3.05, 3.63) is 48.4 Å². The monoisotopic (exact) mass is 419 g/mol. The number of H-pyrrole nitrogens is 1. The molecule has 2 fully saturated rings. The number of rotatable bonds is 4. The number of aromatic nitrogens is 3. The Labute approximate surface area is 181 Å². The Morgan fingerprint density at radius 1 is 1.16 bits per heavy atom. The maximum Gasteiger partial charge on any atom is 0.319 e. The first kappa shape index (κ1) is 19.8. The molecule has 0 saturated carbocycles. The highest BCUT2D eigenvalue weighted by molar-refractivity contribution is 5.89. The average molecular weight is 420 g/mol. The van der Waals surface area contributed by atoms with Gasteiger partial charge in [-0.25, -0.2) is 14.8 Å². The van der Waals surface area contributed by atoms with Crippen LogP contribution in [0, 0.1) is 0 Å². The molecule has 0 radical (unpaired) electrons. The van der Waals surface area contributed by atoms with Crippen molar-refractivity contribution in [2.24, 2.45) is 0 Å². The summed E-state index contributed by atoms with van der Waals surface area (Å²) in [6.07, 6.45) is 7.89. The number of anilines is 2. The summed E-state index contributed by atoms with van der Waals surface area (Å²) < 4.78 is 0. The van der Waals surface area contributed by atoms with Crippen LogP contribution in [-0.2, 0) is 0 Å². The van der Waals surface area contributed by atoms with Crippen molar-refractivity contribution < 1.29 is 4.79 Å². The van der Waals surface area contributed by atoms with E-state index >= 15 is 0 Å². The van der Waals surface area contributed by atoms with Gasteiger partial charge in [0.1, 0.15) is 17.8 Å². The molecule has 0 bridgehead atoms. The highest BCUT2D eigenvalue weighted by atomic mass is 16.2. The Hall–Kier alpha value is -3.13. The predicted molar refractivity (Wildman–Crippen MR) is 123 cm³/mol. The molecule has 2 aromatic heterocycles. The summed E-state index contributed by atoms with van der Waals surface area (Å²) in [4.78, 5) is 26.8. The SMILES string of the molecule is O=C(Nc1cccc(C2CCCN(c3ncnc4[nH]ccc34)C2)c1)NC1CCCNC1. The summed E-state index contributed by atoms with van der Waals surface area (Å²) in [5.74, 6) is 1.38. The maximum atomic E-state index is 12.4. The lowest BCUT2D eigenvalue weighted by molar-refractivity contribution is 0.245. The number of hydrogen-bond acceptors (Lipinski definition) is 5. The Balaban J connectivity index is 1.27. The van der Waals surface area contributed by atoms with Gasteiger partial charge in [0.05, 0.1) is 5.39 Å². The maximum absolute atomic E-state index is 12.4. The number of benzene rings is 1. The number of aromatic amines is 1. The third-order valence-corrected chi connectivity index (χ3v) is 6.30. The van der Waals surface area contributed by atoms with E-state index in [2.05, 4.69) is 47.9 Å². The molecule has 2 amide bonds. The van der Waals surface area contributed by atoms with E-state index in [1.54, 1.807) is 6.33 Å². The molecule has 2 unspecified atom stereocenters. The number of nitrogens with zero attached hydrogens (tertiary/aromatic N) is 3. The number of nitrogens with one attached hydrogen (secondary N) is 4. The number of hydrogen-bond donors (Lipinski definition) is 4. The molecule has 8 nitrogen and oxygen atoms in total. The Kier molecular flexibility index (Phi) is 5.71. The average Bonchev–Trinajstić information content (AvgIpc) is 3.29. The minimum Gasteiger partial charge on any atom is -0.355 e. The van der Waals surface area contributed by atoms with Crippen molar-refractivity contribution in [2.75, 3.05) is 36.4 Å². The molecule has 2 saturated heterocycles. The molecule has 2 aliphatic heterocycles. The van der Waals surface area contributed by atoms with E-state index in [0.717, 1.165) is 74.4 Å². The summed E-state index contributed by atoms with van der Waals surface area (Å²) in [6, 6.07) is 10.4. The topological polar surface area (TPSA) is 98.0 Å². The van der Waals surface area contributed by atoms with Crippen LogP contribution in [0.15, 0.2) is 42.9 Å². The Morgan fingerprint density at radius 3 is 3.03 bits per heavy atom. The first-order valence-electron chi connectivity index (χ1n) is 11.2. The highest BCUT2D eigenvalue weighted by Crippen LogP contribution is 2.32. The van der Waals surface area contributed by atoms with E-state index < -0.39 is 0 Å². The number of carbonyl (C=O) groups is 1. The van der Waals surface area contributed by atoms with Crippen molar-refractivity contribution in [3.8, 4) is 0 Å². The van der Waals surface area contributed by atoms with E-state index in [9.17, 15) is 4.79 Å². The molecule has 2 aliphatic rings. The Bertz CT molecular complexity index is 1040. The number of urea groups is 1. The zero-order valence-electron chi connectivity index (χ0n) is 17.6. The molecular formula is C23H29N7O. The molecule has 0 aliphatic carbocycles. The summed E-state index contributed by atoms with van der Waals surface area (Å²) in [5.41, 5.74) is 2.96. The first-order chi connectivity index (χ1) is 15.3.